The summed E-state index contributed by atoms with van der Waals surface area (Å²) in [7, 11) is 0. The molecular formula is C14H15F2N3O3. The number of nitrogens with one attached hydrogen (secondary N) is 1. The van der Waals surface area contributed by atoms with E-state index < -0.39 is 12.5 Å². The number of oxazole rings is 1. The molecule has 22 heavy (non-hydrogen) atoms. The molecule has 2 aromatic rings. The number of carbonyl (C=O) groups excluding carboxylic acids is 1. The van der Waals surface area contributed by atoms with E-state index in [1.165, 1.54) is 24.4 Å². The highest BCUT2D eigenvalue weighted by Crippen LogP contribution is 2.24. The van der Waals surface area contributed by atoms with Crippen LogP contribution in [0.25, 0.3) is 0 Å². The summed E-state index contributed by atoms with van der Waals surface area (Å²) in [5.41, 5.74) is -0.340. The lowest BCUT2D eigenvalue weighted by atomic mass is 9.94. The number of hydrogen-bond donors (Lipinski definition) is 1. The maximum atomic E-state index is 12.1. The Morgan fingerprint density at radius 2 is 2.09 bits per heavy atom. The van der Waals surface area contributed by atoms with E-state index in [1.54, 1.807) is 0 Å². The molecule has 0 fully saturated rings. The predicted octanol–water partition coefficient (Wildman–Crippen LogP) is 3.22. The van der Waals surface area contributed by atoms with Crippen LogP contribution in [0.2, 0.25) is 0 Å². The van der Waals surface area contributed by atoms with Gasteiger partial charge in [0.1, 0.15) is 11.5 Å². The van der Waals surface area contributed by atoms with E-state index in [0.717, 1.165) is 0 Å². The summed E-state index contributed by atoms with van der Waals surface area (Å²) in [6, 6.07) is 3.99. The SMILES string of the molecule is CC(C)(C)c1cnc(NC(=O)c2cccc(OC(F)F)n2)o1. The molecule has 6 nitrogen and oxygen atoms in total. The zero-order chi connectivity index (χ0) is 16.3. The molecular weight excluding hydrogens is 296 g/mol. The van der Waals surface area contributed by atoms with E-state index >= 15 is 0 Å². The number of pyridine rings is 1. The van der Waals surface area contributed by atoms with Crippen LogP contribution in [0.15, 0.2) is 28.8 Å². The summed E-state index contributed by atoms with van der Waals surface area (Å²) < 4.78 is 33.8. The Morgan fingerprint density at radius 3 is 2.68 bits per heavy atom. The molecule has 0 spiro atoms. The molecule has 0 saturated carbocycles. The molecule has 0 bridgehead atoms. The van der Waals surface area contributed by atoms with E-state index in [-0.39, 0.29) is 23.0 Å². The van der Waals surface area contributed by atoms with Crippen LogP contribution in [0, 0.1) is 0 Å². The number of alkyl halides is 2. The highest BCUT2D eigenvalue weighted by atomic mass is 19.3. The van der Waals surface area contributed by atoms with Crippen molar-refractivity contribution in [1.29, 1.82) is 0 Å². The number of halogens is 2. The van der Waals surface area contributed by atoms with Gasteiger partial charge in [-0.2, -0.15) is 8.78 Å². The normalized spacial score (nSPS) is 11.5. The molecule has 2 aromatic heterocycles. The molecule has 118 valence electrons. The fourth-order valence-corrected chi connectivity index (χ4v) is 1.54. The molecule has 2 heterocycles. The van der Waals surface area contributed by atoms with Crippen LogP contribution >= 0.6 is 0 Å². The number of nitrogens with zero attached hydrogens (tertiary/aromatic N) is 2. The van der Waals surface area contributed by atoms with E-state index in [9.17, 15) is 13.6 Å². The summed E-state index contributed by atoms with van der Waals surface area (Å²) in [6.07, 6.45) is 1.51. The summed E-state index contributed by atoms with van der Waals surface area (Å²) in [6.45, 7) is 2.80. The van der Waals surface area contributed by atoms with Crippen LogP contribution in [0.3, 0.4) is 0 Å². The lowest BCUT2D eigenvalue weighted by Gasteiger charge is -2.13. The smallest absolute Gasteiger partial charge is 0.388 e. The van der Waals surface area contributed by atoms with Gasteiger partial charge in [-0.05, 0) is 6.07 Å². The molecule has 0 atom stereocenters. The molecule has 0 aliphatic heterocycles. The van der Waals surface area contributed by atoms with E-state index in [2.05, 4.69) is 20.0 Å². The predicted molar refractivity (Wildman–Crippen MR) is 74.0 cm³/mol. The largest absolute Gasteiger partial charge is 0.428 e. The van der Waals surface area contributed by atoms with Crippen molar-refractivity contribution < 1.29 is 22.7 Å². The standard InChI is InChI=1S/C14H15F2N3O3/c1-14(2,3)9-7-17-13(21-9)19-11(20)8-5-4-6-10(18-8)22-12(15)16/h4-7,12H,1-3H3,(H,17,19,20). The van der Waals surface area contributed by atoms with Crippen LogP contribution in [-0.2, 0) is 5.41 Å². The number of aromatic nitrogens is 2. The molecule has 0 aliphatic carbocycles. The Bertz CT molecular complexity index is 665. The Morgan fingerprint density at radius 1 is 1.36 bits per heavy atom. The van der Waals surface area contributed by atoms with Crippen LogP contribution in [0.1, 0.15) is 37.0 Å². The Balaban J connectivity index is 2.10. The fourth-order valence-electron chi connectivity index (χ4n) is 1.54. The van der Waals surface area contributed by atoms with Gasteiger partial charge in [-0.25, -0.2) is 9.97 Å². The zero-order valence-electron chi connectivity index (χ0n) is 12.3. The van der Waals surface area contributed by atoms with E-state index in [4.69, 9.17) is 4.42 Å². The van der Waals surface area contributed by atoms with Gasteiger partial charge in [0.05, 0.1) is 6.20 Å². The number of amides is 1. The van der Waals surface area contributed by atoms with Gasteiger partial charge in [0.2, 0.25) is 5.88 Å². The topological polar surface area (TPSA) is 77.2 Å². The molecule has 0 saturated heterocycles. The van der Waals surface area contributed by atoms with Gasteiger partial charge in [0, 0.05) is 11.5 Å². The maximum absolute atomic E-state index is 12.1. The van der Waals surface area contributed by atoms with Crippen molar-refractivity contribution in [3.63, 3.8) is 0 Å². The second kappa shape index (κ2) is 6.08. The van der Waals surface area contributed by atoms with Crippen LogP contribution < -0.4 is 10.1 Å². The monoisotopic (exact) mass is 311 g/mol. The van der Waals surface area contributed by atoms with Crippen molar-refractivity contribution >= 4 is 11.9 Å². The van der Waals surface area contributed by atoms with Gasteiger partial charge in [-0.3, -0.25) is 10.1 Å². The first-order valence-corrected chi connectivity index (χ1v) is 6.45. The Kier molecular flexibility index (Phi) is 4.39. The van der Waals surface area contributed by atoms with E-state index in [0.29, 0.717) is 5.76 Å². The number of hydrogen-bond acceptors (Lipinski definition) is 5. The van der Waals surface area contributed by atoms with Crippen LogP contribution in [0.5, 0.6) is 5.88 Å². The minimum atomic E-state index is -3.01. The van der Waals surface area contributed by atoms with Crippen molar-refractivity contribution in [2.75, 3.05) is 5.32 Å². The van der Waals surface area contributed by atoms with Crippen molar-refractivity contribution in [3.8, 4) is 5.88 Å². The summed E-state index contributed by atoms with van der Waals surface area (Å²) in [4.78, 5) is 19.6. The van der Waals surface area contributed by atoms with Gasteiger partial charge in [0.15, 0.2) is 0 Å². The van der Waals surface area contributed by atoms with Gasteiger partial charge in [0.25, 0.3) is 5.91 Å². The highest BCUT2D eigenvalue weighted by molar-refractivity contribution is 6.01. The van der Waals surface area contributed by atoms with Crippen molar-refractivity contribution in [3.05, 3.63) is 35.9 Å². The maximum Gasteiger partial charge on any atom is 0.388 e. The highest BCUT2D eigenvalue weighted by Gasteiger charge is 2.20. The Hall–Kier alpha value is -2.51. The van der Waals surface area contributed by atoms with Gasteiger partial charge in [-0.15, -0.1) is 0 Å². The molecule has 0 unspecified atom stereocenters. The van der Waals surface area contributed by atoms with Gasteiger partial charge < -0.3 is 9.15 Å². The summed E-state index contributed by atoms with van der Waals surface area (Å²) in [5.74, 6) is -0.377. The molecule has 2 rings (SSSR count). The van der Waals surface area contributed by atoms with Gasteiger partial charge in [-0.1, -0.05) is 26.8 Å². The first-order valence-electron chi connectivity index (χ1n) is 6.45. The third-order valence-electron chi connectivity index (χ3n) is 2.63. The molecule has 1 N–H and O–H groups in total. The molecule has 0 aliphatic rings. The van der Waals surface area contributed by atoms with Crippen LogP contribution in [0.4, 0.5) is 14.8 Å². The molecule has 1 amide bonds. The first-order chi connectivity index (χ1) is 10.3. The molecule has 8 heteroatoms. The number of anilines is 1. The number of carbonyl (C=O) groups is 1. The fraction of sp³-hybridized carbons (Fsp3) is 0.357. The van der Waals surface area contributed by atoms with Crippen molar-refractivity contribution in [2.24, 2.45) is 0 Å². The summed E-state index contributed by atoms with van der Waals surface area (Å²) in [5, 5.41) is 2.41. The second-order valence-corrected chi connectivity index (χ2v) is 5.47. The molecule has 0 radical (unpaired) electrons. The minimum Gasteiger partial charge on any atom is -0.428 e. The zero-order valence-corrected chi connectivity index (χ0v) is 12.3. The molecule has 0 aromatic carbocycles. The van der Waals surface area contributed by atoms with Gasteiger partial charge >= 0.3 is 12.6 Å². The van der Waals surface area contributed by atoms with Crippen molar-refractivity contribution in [1.82, 2.24) is 9.97 Å². The second-order valence-electron chi connectivity index (χ2n) is 5.47. The number of ether oxygens (including phenoxy) is 1. The first kappa shape index (κ1) is 15.9. The average molecular weight is 311 g/mol. The third kappa shape index (κ3) is 4.00. The average Bonchev–Trinajstić information content (AvgIpc) is 2.86. The summed E-state index contributed by atoms with van der Waals surface area (Å²) >= 11 is 0. The minimum absolute atomic E-state index is 0.0110. The van der Waals surface area contributed by atoms with Crippen molar-refractivity contribution in [2.45, 2.75) is 32.8 Å². The van der Waals surface area contributed by atoms with Crippen LogP contribution in [-0.4, -0.2) is 22.5 Å². The third-order valence-corrected chi connectivity index (χ3v) is 2.63. The quantitative estimate of drug-likeness (QED) is 0.938. The van der Waals surface area contributed by atoms with E-state index in [1.807, 2.05) is 20.8 Å². The Labute approximate surface area is 125 Å². The lowest BCUT2D eigenvalue weighted by Crippen LogP contribution is -2.15. The lowest BCUT2D eigenvalue weighted by molar-refractivity contribution is -0.0529. The number of rotatable bonds is 4.